The van der Waals surface area contributed by atoms with E-state index < -0.39 is 0 Å². The van der Waals surface area contributed by atoms with Crippen molar-refractivity contribution in [1.29, 1.82) is 0 Å². The van der Waals surface area contributed by atoms with Crippen LogP contribution in [0.15, 0.2) is 12.1 Å². The normalized spacial score (nSPS) is 12.6. The molecule has 1 nitrogen and oxygen atoms in total. The highest BCUT2D eigenvalue weighted by atomic mass is 79.9. The molecule has 0 saturated heterocycles. The molecule has 0 aliphatic carbocycles. The van der Waals surface area contributed by atoms with Gasteiger partial charge in [0, 0.05) is 5.56 Å². The number of aryl methyl sites for hydroxylation is 2. The predicted octanol–water partition coefficient (Wildman–Crippen LogP) is 3.80. The zero-order chi connectivity index (χ0) is 11.6. The van der Waals surface area contributed by atoms with E-state index in [2.05, 4.69) is 15.9 Å². The fourth-order valence-corrected chi connectivity index (χ4v) is 1.87. The van der Waals surface area contributed by atoms with Gasteiger partial charge in [-0.3, -0.25) is 4.79 Å². The van der Waals surface area contributed by atoms with Gasteiger partial charge in [-0.2, -0.15) is 0 Å². The molecule has 1 unspecified atom stereocenters. The van der Waals surface area contributed by atoms with Crippen LogP contribution >= 0.6 is 15.9 Å². The van der Waals surface area contributed by atoms with Crippen LogP contribution in [0.25, 0.3) is 0 Å². The second kappa shape index (κ2) is 4.88. The molecule has 0 amide bonds. The van der Waals surface area contributed by atoms with Crippen LogP contribution in [-0.4, -0.2) is 10.6 Å². The standard InChI is InChI=1S/C12H14BrFO/c1-4-10(13)12(15)11-7(2)5-9(14)6-8(11)3/h5-6,10H,4H2,1-3H3. The SMILES string of the molecule is CCC(Br)C(=O)c1c(C)cc(F)cc1C. The lowest BCUT2D eigenvalue weighted by atomic mass is 9.96. The maximum atomic E-state index is 13.0. The first-order chi connectivity index (χ1) is 6.97. The first kappa shape index (κ1) is 12.4. The number of rotatable bonds is 3. The molecule has 0 spiro atoms. The minimum atomic E-state index is -0.288. The van der Waals surface area contributed by atoms with Gasteiger partial charge in [0.25, 0.3) is 0 Å². The lowest BCUT2D eigenvalue weighted by Gasteiger charge is -2.11. The van der Waals surface area contributed by atoms with Crippen molar-refractivity contribution in [1.82, 2.24) is 0 Å². The van der Waals surface area contributed by atoms with Crippen LogP contribution in [0.3, 0.4) is 0 Å². The van der Waals surface area contributed by atoms with Crippen molar-refractivity contribution in [2.45, 2.75) is 32.0 Å². The van der Waals surface area contributed by atoms with Crippen molar-refractivity contribution >= 4 is 21.7 Å². The lowest BCUT2D eigenvalue weighted by Crippen LogP contribution is -2.16. The summed E-state index contributed by atoms with van der Waals surface area (Å²) < 4.78 is 13.0. The van der Waals surface area contributed by atoms with Crippen LogP contribution in [-0.2, 0) is 0 Å². The van der Waals surface area contributed by atoms with Crippen molar-refractivity contribution in [2.75, 3.05) is 0 Å². The molecule has 0 bridgehead atoms. The highest BCUT2D eigenvalue weighted by Gasteiger charge is 2.19. The second-order valence-corrected chi connectivity index (χ2v) is 4.76. The maximum absolute atomic E-state index is 13.0. The summed E-state index contributed by atoms with van der Waals surface area (Å²) in [5.41, 5.74) is 2.05. The summed E-state index contributed by atoms with van der Waals surface area (Å²) in [5.74, 6) is -0.253. The Morgan fingerprint density at radius 2 is 1.87 bits per heavy atom. The van der Waals surface area contributed by atoms with Gasteiger partial charge in [0.1, 0.15) is 5.82 Å². The van der Waals surface area contributed by atoms with Crippen LogP contribution in [0.5, 0.6) is 0 Å². The molecule has 0 aliphatic heterocycles. The summed E-state index contributed by atoms with van der Waals surface area (Å²) in [4.78, 5) is 11.8. The summed E-state index contributed by atoms with van der Waals surface area (Å²) in [6.07, 6.45) is 0.731. The number of benzene rings is 1. The van der Waals surface area contributed by atoms with E-state index in [1.807, 2.05) is 6.92 Å². The van der Waals surface area contributed by atoms with E-state index in [1.165, 1.54) is 12.1 Å². The van der Waals surface area contributed by atoms with Crippen molar-refractivity contribution in [3.63, 3.8) is 0 Å². The molecule has 1 aromatic rings. The van der Waals surface area contributed by atoms with E-state index in [4.69, 9.17) is 0 Å². The molecular weight excluding hydrogens is 259 g/mol. The predicted molar refractivity (Wildman–Crippen MR) is 63.2 cm³/mol. The summed E-state index contributed by atoms with van der Waals surface area (Å²) in [5, 5.41) is 0. The third kappa shape index (κ3) is 2.65. The highest BCUT2D eigenvalue weighted by Crippen LogP contribution is 2.21. The summed E-state index contributed by atoms with van der Waals surface area (Å²) >= 11 is 3.32. The Kier molecular flexibility index (Phi) is 4.03. The Bertz CT molecular complexity index is 364. The Balaban J connectivity index is 3.20. The molecule has 0 radical (unpaired) electrons. The molecule has 0 aromatic heterocycles. The van der Waals surface area contributed by atoms with Gasteiger partial charge >= 0.3 is 0 Å². The molecule has 1 aromatic carbocycles. The highest BCUT2D eigenvalue weighted by molar-refractivity contribution is 9.10. The average Bonchev–Trinajstić information content (AvgIpc) is 2.14. The van der Waals surface area contributed by atoms with Gasteiger partial charge in [-0.05, 0) is 43.5 Å². The van der Waals surface area contributed by atoms with Gasteiger partial charge in [0.15, 0.2) is 5.78 Å². The van der Waals surface area contributed by atoms with Crippen molar-refractivity contribution in [2.24, 2.45) is 0 Å². The molecule has 0 saturated carbocycles. The zero-order valence-electron chi connectivity index (χ0n) is 9.10. The molecule has 0 N–H and O–H groups in total. The summed E-state index contributed by atoms with van der Waals surface area (Å²) in [6, 6.07) is 2.80. The first-order valence-electron chi connectivity index (χ1n) is 4.92. The van der Waals surface area contributed by atoms with Gasteiger partial charge < -0.3 is 0 Å². The Morgan fingerprint density at radius 3 is 2.27 bits per heavy atom. The van der Waals surface area contributed by atoms with Crippen LogP contribution in [0, 0.1) is 19.7 Å². The van der Waals surface area contributed by atoms with E-state index in [-0.39, 0.29) is 16.4 Å². The fraction of sp³-hybridized carbons (Fsp3) is 0.417. The minimum Gasteiger partial charge on any atom is -0.293 e. The molecule has 1 rings (SSSR count). The van der Waals surface area contributed by atoms with Crippen LogP contribution in [0.2, 0.25) is 0 Å². The molecule has 0 heterocycles. The van der Waals surface area contributed by atoms with Crippen molar-refractivity contribution in [3.05, 3.63) is 34.6 Å². The Labute approximate surface area is 97.8 Å². The summed E-state index contributed by atoms with van der Waals surface area (Å²) in [6.45, 7) is 5.46. The number of halogens is 2. The van der Waals surface area contributed by atoms with E-state index in [0.717, 1.165) is 6.42 Å². The van der Waals surface area contributed by atoms with Gasteiger partial charge in [-0.1, -0.05) is 22.9 Å². The van der Waals surface area contributed by atoms with Crippen molar-refractivity contribution < 1.29 is 9.18 Å². The molecular formula is C12H14BrFO. The number of hydrogen-bond donors (Lipinski definition) is 0. The van der Waals surface area contributed by atoms with Gasteiger partial charge in [-0.15, -0.1) is 0 Å². The quantitative estimate of drug-likeness (QED) is 0.604. The third-order valence-electron chi connectivity index (χ3n) is 2.39. The third-order valence-corrected chi connectivity index (χ3v) is 3.45. The van der Waals surface area contributed by atoms with E-state index in [0.29, 0.717) is 16.7 Å². The molecule has 15 heavy (non-hydrogen) atoms. The van der Waals surface area contributed by atoms with Gasteiger partial charge in [0.2, 0.25) is 0 Å². The second-order valence-electron chi connectivity index (χ2n) is 3.65. The molecule has 0 aliphatic rings. The lowest BCUT2D eigenvalue weighted by molar-refractivity contribution is 0.0989. The van der Waals surface area contributed by atoms with Crippen LogP contribution in [0.4, 0.5) is 4.39 Å². The number of carbonyl (C=O) groups is 1. The van der Waals surface area contributed by atoms with E-state index in [1.54, 1.807) is 13.8 Å². The monoisotopic (exact) mass is 272 g/mol. The Morgan fingerprint density at radius 1 is 1.40 bits per heavy atom. The fourth-order valence-electron chi connectivity index (χ4n) is 1.64. The number of ketones is 1. The number of alkyl halides is 1. The van der Waals surface area contributed by atoms with Crippen LogP contribution in [0.1, 0.15) is 34.8 Å². The smallest absolute Gasteiger partial charge is 0.176 e. The first-order valence-corrected chi connectivity index (χ1v) is 5.84. The van der Waals surface area contributed by atoms with Crippen LogP contribution < -0.4 is 0 Å². The molecule has 3 heteroatoms. The largest absolute Gasteiger partial charge is 0.293 e. The number of hydrogen-bond acceptors (Lipinski definition) is 1. The number of Topliss-reactive ketones (excluding diaryl/α,β-unsaturated/α-hetero) is 1. The maximum Gasteiger partial charge on any atom is 0.176 e. The topological polar surface area (TPSA) is 17.1 Å². The van der Waals surface area contributed by atoms with Crippen molar-refractivity contribution in [3.8, 4) is 0 Å². The van der Waals surface area contributed by atoms with E-state index in [9.17, 15) is 9.18 Å². The summed E-state index contributed by atoms with van der Waals surface area (Å²) in [7, 11) is 0. The average molecular weight is 273 g/mol. The molecule has 1 atom stereocenters. The zero-order valence-corrected chi connectivity index (χ0v) is 10.7. The number of carbonyl (C=O) groups excluding carboxylic acids is 1. The molecule has 82 valence electrons. The van der Waals surface area contributed by atoms with Gasteiger partial charge in [-0.25, -0.2) is 4.39 Å². The Hall–Kier alpha value is -0.700. The van der Waals surface area contributed by atoms with E-state index >= 15 is 0 Å². The molecule has 0 fully saturated rings. The van der Waals surface area contributed by atoms with Gasteiger partial charge in [0.05, 0.1) is 4.83 Å². The minimum absolute atomic E-state index is 0.0347.